The van der Waals surface area contributed by atoms with Crippen molar-refractivity contribution in [2.24, 2.45) is 5.92 Å². The molecule has 1 aromatic carbocycles. The first-order valence-electron chi connectivity index (χ1n) is 7.81. The van der Waals surface area contributed by atoms with E-state index in [1.807, 2.05) is 47.9 Å². The first-order valence-corrected chi connectivity index (χ1v) is 7.81. The minimum absolute atomic E-state index is 0.304. The maximum atomic E-state index is 12.9. The Hall–Kier alpha value is -2.89. The second-order valence-electron chi connectivity index (χ2n) is 6.23. The third kappa shape index (κ3) is 2.60. The summed E-state index contributed by atoms with van der Waals surface area (Å²) in [5.74, 6) is -0.404. The number of imidazole rings is 1. The molecule has 0 spiro atoms. The number of anilines is 2. The summed E-state index contributed by atoms with van der Waals surface area (Å²) in [7, 11) is 0. The van der Waals surface area contributed by atoms with E-state index < -0.39 is 12.1 Å². The SMILES string of the molecule is Cc1ccc(N)cc1-c1ccc2nc(NC(=O)[C@@H]3C[C@@H]3F)cn2c1. The molecule has 24 heavy (non-hydrogen) atoms. The van der Waals surface area contributed by atoms with Crippen LogP contribution in [-0.4, -0.2) is 21.5 Å². The number of aromatic nitrogens is 2. The van der Waals surface area contributed by atoms with Crippen molar-refractivity contribution in [3.05, 3.63) is 48.3 Å². The molecule has 1 aliphatic rings. The van der Waals surface area contributed by atoms with Crippen LogP contribution in [0.5, 0.6) is 0 Å². The van der Waals surface area contributed by atoms with Gasteiger partial charge in [0.05, 0.1) is 12.1 Å². The van der Waals surface area contributed by atoms with E-state index in [0.717, 1.165) is 16.7 Å². The summed E-state index contributed by atoms with van der Waals surface area (Å²) in [4.78, 5) is 16.2. The number of nitrogen functional groups attached to an aromatic ring is 1. The minimum Gasteiger partial charge on any atom is -0.399 e. The molecule has 2 aromatic heterocycles. The number of fused-ring (bicyclic) bond motifs is 1. The monoisotopic (exact) mass is 324 g/mol. The average molecular weight is 324 g/mol. The summed E-state index contributed by atoms with van der Waals surface area (Å²) in [6.45, 7) is 2.03. The van der Waals surface area contributed by atoms with Crippen LogP contribution in [0, 0.1) is 12.8 Å². The number of amides is 1. The van der Waals surface area contributed by atoms with Crippen LogP contribution in [-0.2, 0) is 4.79 Å². The summed E-state index contributed by atoms with van der Waals surface area (Å²) < 4.78 is 14.8. The lowest BCUT2D eigenvalue weighted by Gasteiger charge is -2.07. The Labute approximate surface area is 138 Å². The van der Waals surface area contributed by atoms with Crippen LogP contribution in [0.15, 0.2) is 42.7 Å². The largest absolute Gasteiger partial charge is 0.399 e. The molecular weight excluding hydrogens is 307 g/mol. The molecule has 0 aliphatic heterocycles. The van der Waals surface area contributed by atoms with Gasteiger partial charge in [0.25, 0.3) is 0 Å². The number of carbonyl (C=O) groups is 1. The van der Waals surface area contributed by atoms with Crippen molar-refractivity contribution in [3.8, 4) is 11.1 Å². The molecule has 4 rings (SSSR count). The van der Waals surface area contributed by atoms with Crippen molar-refractivity contribution in [1.29, 1.82) is 0 Å². The zero-order valence-corrected chi connectivity index (χ0v) is 13.2. The highest BCUT2D eigenvalue weighted by molar-refractivity contribution is 5.94. The maximum absolute atomic E-state index is 12.9. The number of nitrogens with zero attached hydrogens (tertiary/aromatic N) is 2. The van der Waals surface area contributed by atoms with Crippen molar-refractivity contribution in [3.63, 3.8) is 0 Å². The van der Waals surface area contributed by atoms with Crippen LogP contribution >= 0.6 is 0 Å². The molecule has 1 aliphatic carbocycles. The molecule has 2 heterocycles. The molecule has 122 valence electrons. The number of aryl methyl sites for hydroxylation is 1. The molecule has 0 bridgehead atoms. The third-order valence-corrected chi connectivity index (χ3v) is 4.32. The molecule has 3 N–H and O–H groups in total. The van der Waals surface area contributed by atoms with E-state index in [9.17, 15) is 9.18 Å². The van der Waals surface area contributed by atoms with Gasteiger partial charge in [-0.2, -0.15) is 0 Å². The van der Waals surface area contributed by atoms with E-state index in [1.165, 1.54) is 0 Å². The number of rotatable bonds is 3. The fourth-order valence-corrected chi connectivity index (χ4v) is 2.82. The molecule has 0 unspecified atom stereocenters. The van der Waals surface area contributed by atoms with Gasteiger partial charge in [0, 0.05) is 11.9 Å². The highest BCUT2D eigenvalue weighted by Gasteiger charge is 2.43. The fraction of sp³-hybridized carbons (Fsp3) is 0.222. The van der Waals surface area contributed by atoms with E-state index in [0.29, 0.717) is 23.6 Å². The van der Waals surface area contributed by atoms with E-state index in [2.05, 4.69) is 10.3 Å². The molecule has 1 amide bonds. The lowest BCUT2D eigenvalue weighted by atomic mass is 10.0. The van der Waals surface area contributed by atoms with Crippen molar-refractivity contribution >= 4 is 23.1 Å². The van der Waals surface area contributed by atoms with Gasteiger partial charge in [0.1, 0.15) is 11.8 Å². The molecule has 0 saturated heterocycles. The smallest absolute Gasteiger partial charge is 0.231 e. The molecule has 5 nitrogen and oxygen atoms in total. The van der Waals surface area contributed by atoms with Gasteiger partial charge >= 0.3 is 0 Å². The number of benzene rings is 1. The zero-order valence-electron chi connectivity index (χ0n) is 13.2. The Morgan fingerprint density at radius 1 is 1.33 bits per heavy atom. The third-order valence-electron chi connectivity index (χ3n) is 4.32. The summed E-state index contributed by atoms with van der Waals surface area (Å²) >= 11 is 0. The van der Waals surface area contributed by atoms with Gasteiger partial charge in [-0.25, -0.2) is 9.37 Å². The summed E-state index contributed by atoms with van der Waals surface area (Å²) in [6, 6.07) is 9.64. The summed E-state index contributed by atoms with van der Waals surface area (Å²) in [5, 5.41) is 2.67. The Kier molecular flexibility index (Phi) is 3.26. The Morgan fingerprint density at radius 2 is 2.12 bits per heavy atom. The topological polar surface area (TPSA) is 72.4 Å². The van der Waals surface area contributed by atoms with Gasteiger partial charge in [-0.05, 0) is 54.3 Å². The van der Waals surface area contributed by atoms with Gasteiger partial charge < -0.3 is 15.5 Å². The quantitative estimate of drug-likeness (QED) is 0.727. The predicted molar refractivity (Wildman–Crippen MR) is 91.4 cm³/mol. The second kappa shape index (κ2) is 5.33. The van der Waals surface area contributed by atoms with Gasteiger partial charge in [0.2, 0.25) is 5.91 Å². The van der Waals surface area contributed by atoms with Crippen LogP contribution < -0.4 is 11.1 Å². The molecule has 1 saturated carbocycles. The molecule has 6 heteroatoms. The zero-order chi connectivity index (χ0) is 16.8. The highest BCUT2D eigenvalue weighted by atomic mass is 19.1. The van der Waals surface area contributed by atoms with Crippen LogP contribution in [0.3, 0.4) is 0 Å². The first-order chi connectivity index (χ1) is 11.5. The predicted octanol–water partition coefficient (Wildman–Crippen LogP) is 3.19. The van der Waals surface area contributed by atoms with Gasteiger partial charge in [-0.1, -0.05) is 6.07 Å². The number of hydrogen-bond acceptors (Lipinski definition) is 3. The average Bonchev–Trinajstić information content (AvgIpc) is 3.15. The molecular formula is C18H17FN4O. The summed E-state index contributed by atoms with van der Waals surface area (Å²) in [6.07, 6.45) is 2.96. The number of nitrogens with two attached hydrogens (primary N) is 1. The second-order valence-corrected chi connectivity index (χ2v) is 6.23. The van der Waals surface area contributed by atoms with Crippen LogP contribution in [0.25, 0.3) is 16.8 Å². The lowest BCUT2D eigenvalue weighted by molar-refractivity contribution is -0.117. The van der Waals surface area contributed by atoms with Crippen molar-refractivity contribution in [1.82, 2.24) is 9.38 Å². The number of alkyl halides is 1. The maximum Gasteiger partial charge on any atom is 0.231 e. The van der Waals surface area contributed by atoms with Crippen LogP contribution in [0.1, 0.15) is 12.0 Å². The Balaban J connectivity index is 1.66. The van der Waals surface area contributed by atoms with Crippen molar-refractivity contribution in [2.75, 3.05) is 11.1 Å². The van der Waals surface area contributed by atoms with Gasteiger partial charge in [-0.3, -0.25) is 4.79 Å². The Morgan fingerprint density at radius 3 is 2.88 bits per heavy atom. The fourth-order valence-electron chi connectivity index (χ4n) is 2.82. The summed E-state index contributed by atoms with van der Waals surface area (Å²) in [5.41, 5.74) is 10.5. The minimum atomic E-state index is -1.01. The molecule has 0 radical (unpaired) electrons. The number of carbonyl (C=O) groups excluding carboxylic acids is 1. The van der Waals surface area contributed by atoms with E-state index >= 15 is 0 Å². The number of halogens is 1. The van der Waals surface area contributed by atoms with E-state index in [4.69, 9.17) is 5.73 Å². The molecule has 2 atom stereocenters. The standard InChI is InChI=1S/C18H17FN4O/c1-10-2-4-12(20)6-13(10)11-3-5-17-21-16(9-23(17)8-11)22-18(24)14-7-15(14)19/h2-6,8-9,14-15H,7,20H2,1H3,(H,22,24)/t14-,15+/m1/s1. The normalized spacial score (nSPS) is 19.4. The van der Waals surface area contributed by atoms with Crippen molar-refractivity contribution in [2.45, 2.75) is 19.5 Å². The van der Waals surface area contributed by atoms with E-state index in [-0.39, 0.29) is 5.91 Å². The Bertz CT molecular complexity index is 949. The lowest BCUT2D eigenvalue weighted by Crippen LogP contribution is -2.15. The van der Waals surface area contributed by atoms with Gasteiger partial charge in [0.15, 0.2) is 5.82 Å². The number of nitrogens with one attached hydrogen (secondary N) is 1. The first kappa shape index (κ1) is 14.7. The van der Waals surface area contributed by atoms with Crippen molar-refractivity contribution < 1.29 is 9.18 Å². The van der Waals surface area contributed by atoms with Crippen LogP contribution in [0.4, 0.5) is 15.9 Å². The highest BCUT2D eigenvalue weighted by Crippen LogP contribution is 2.34. The molecule has 1 fully saturated rings. The molecule has 3 aromatic rings. The van der Waals surface area contributed by atoms with Gasteiger partial charge in [-0.15, -0.1) is 0 Å². The van der Waals surface area contributed by atoms with E-state index in [1.54, 1.807) is 6.20 Å². The number of pyridine rings is 1. The number of hydrogen-bond donors (Lipinski definition) is 2. The van der Waals surface area contributed by atoms with Crippen LogP contribution in [0.2, 0.25) is 0 Å².